The summed E-state index contributed by atoms with van der Waals surface area (Å²) in [5.74, 6) is 1.54. The molecule has 0 unspecified atom stereocenters. The van der Waals surface area contributed by atoms with E-state index in [1.54, 1.807) is 19.2 Å². The van der Waals surface area contributed by atoms with Gasteiger partial charge in [0.05, 0.1) is 13.2 Å². The number of pyridine rings is 1. The van der Waals surface area contributed by atoms with Crippen LogP contribution in [0.1, 0.15) is 27.7 Å². The van der Waals surface area contributed by atoms with E-state index in [0.717, 1.165) is 28.1 Å². The number of nitrogens with one attached hydrogen (secondary N) is 1. The number of H-pyrrole nitrogens is 1. The fraction of sp³-hybridized carbons (Fsp3) is 0.286. The molecule has 0 atom stereocenters. The predicted molar refractivity (Wildman–Crippen MR) is 104 cm³/mol. The molecule has 0 aliphatic rings. The molecule has 0 fully saturated rings. The fourth-order valence-electron chi connectivity index (χ4n) is 2.52. The Morgan fingerprint density at radius 1 is 0.920 bits per heavy atom. The highest BCUT2D eigenvalue weighted by molar-refractivity contribution is 5.86. The Balaban J connectivity index is 0.00000109. The van der Waals surface area contributed by atoms with E-state index in [9.17, 15) is 4.79 Å². The normalized spacial score (nSPS) is 10.3. The van der Waals surface area contributed by atoms with Gasteiger partial charge in [-0.25, -0.2) is 0 Å². The summed E-state index contributed by atoms with van der Waals surface area (Å²) in [4.78, 5) is 15.2. The summed E-state index contributed by atoms with van der Waals surface area (Å²) < 4.78 is 10.9. The predicted octanol–water partition coefficient (Wildman–Crippen LogP) is 5.02. The third kappa shape index (κ3) is 4.41. The smallest absolute Gasteiger partial charge is 0.256 e. The zero-order chi connectivity index (χ0) is 18.4. The van der Waals surface area contributed by atoms with Crippen molar-refractivity contribution in [2.45, 2.75) is 33.8 Å². The van der Waals surface area contributed by atoms with Crippen LogP contribution in [-0.4, -0.2) is 18.2 Å². The summed E-state index contributed by atoms with van der Waals surface area (Å²) >= 11 is 0. The molecule has 3 aromatic rings. The first-order chi connectivity index (χ1) is 12.1. The number of rotatable bonds is 4. The first kappa shape index (κ1) is 18.6. The van der Waals surface area contributed by atoms with Gasteiger partial charge in [-0.05, 0) is 73.3 Å². The Morgan fingerprint density at radius 3 is 2.16 bits per heavy atom. The van der Waals surface area contributed by atoms with Crippen molar-refractivity contribution in [2.75, 3.05) is 7.11 Å². The number of aromatic amines is 1. The maximum atomic E-state index is 12.3. The standard InChI is InChI=1S/C19H19NO3.C2H6/c1-12(2)23-15-6-4-13(5-7-15)18-11-14-10-16(22-3)8-9-17(14)19(21)20-18;1-2/h4-12H,1-3H3,(H,20,21);1-2H3. The van der Waals surface area contributed by atoms with Crippen molar-refractivity contribution < 1.29 is 9.47 Å². The fourth-order valence-corrected chi connectivity index (χ4v) is 2.52. The maximum Gasteiger partial charge on any atom is 0.256 e. The zero-order valence-electron chi connectivity index (χ0n) is 15.4. The highest BCUT2D eigenvalue weighted by atomic mass is 16.5. The average Bonchev–Trinajstić information content (AvgIpc) is 2.63. The molecule has 4 nitrogen and oxygen atoms in total. The summed E-state index contributed by atoms with van der Waals surface area (Å²) in [7, 11) is 1.61. The third-order valence-electron chi connectivity index (χ3n) is 3.59. The van der Waals surface area contributed by atoms with Crippen molar-refractivity contribution in [1.82, 2.24) is 4.98 Å². The van der Waals surface area contributed by atoms with Gasteiger partial charge < -0.3 is 14.5 Å². The van der Waals surface area contributed by atoms with Gasteiger partial charge in [0.25, 0.3) is 5.56 Å². The van der Waals surface area contributed by atoms with Crippen LogP contribution in [0.4, 0.5) is 0 Å². The van der Waals surface area contributed by atoms with E-state index in [1.807, 2.05) is 64.1 Å². The molecule has 0 bridgehead atoms. The quantitative estimate of drug-likeness (QED) is 0.726. The van der Waals surface area contributed by atoms with E-state index in [-0.39, 0.29) is 11.7 Å². The van der Waals surface area contributed by atoms with E-state index in [2.05, 4.69) is 4.98 Å². The second-order valence-corrected chi connectivity index (χ2v) is 5.66. The van der Waals surface area contributed by atoms with Gasteiger partial charge in [0, 0.05) is 11.1 Å². The van der Waals surface area contributed by atoms with Crippen LogP contribution < -0.4 is 15.0 Å². The van der Waals surface area contributed by atoms with Gasteiger partial charge in [-0.15, -0.1) is 0 Å². The molecule has 2 aromatic carbocycles. The minimum Gasteiger partial charge on any atom is -0.497 e. The Morgan fingerprint density at radius 2 is 1.56 bits per heavy atom. The van der Waals surface area contributed by atoms with Crippen LogP contribution in [0.15, 0.2) is 53.3 Å². The third-order valence-corrected chi connectivity index (χ3v) is 3.59. The van der Waals surface area contributed by atoms with Crippen LogP contribution in [-0.2, 0) is 0 Å². The summed E-state index contributed by atoms with van der Waals surface area (Å²) in [5.41, 5.74) is 1.59. The first-order valence-electron chi connectivity index (χ1n) is 8.55. The number of ether oxygens (including phenoxy) is 2. The summed E-state index contributed by atoms with van der Waals surface area (Å²) in [6, 6.07) is 15.1. The van der Waals surface area contributed by atoms with Crippen molar-refractivity contribution in [1.29, 1.82) is 0 Å². The van der Waals surface area contributed by atoms with Gasteiger partial charge in [0.2, 0.25) is 0 Å². The zero-order valence-corrected chi connectivity index (χ0v) is 15.4. The number of aromatic nitrogens is 1. The topological polar surface area (TPSA) is 51.3 Å². The van der Waals surface area contributed by atoms with Gasteiger partial charge in [-0.1, -0.05) is 13.8 Å². The maximum absolute atomic E-state index is 12.3. The van der Waals surface area contributed by atoms with Crippen LogP contribution >= 0.6 is 0 Å². The van der Waals surface area contributed by atoms with Crippen molar-refractivity contribution >= 4 is 10.8 Å². The molecule has 0 spiro atoms. The highest BCUT2D eigenvalue weighted by Gasteiger charge is 2.06. The Kier molecular flexibility index (Phi) is 6.23. The van der Waals surface area contributed by atoms with Gasteiger partial charge in [-0.3, -0.25) is 4.79 Å². The SMILES string of the molecule is CC.COc1ccc2c(=O)[nH]c(-c3ccc(OC(C)C)cc3)cc2c1. The molecule has 132 valence electrons. The molecule has 3 rings (SSSR count). The van der Waals surface area contributed by atoms with Crippen LogP contribution in [0.3, 0.4) is 0 Å². The van der Waals surface area contributed by atoms with Gasteiger partial charge in [-0.2, -0.15) is 0 Å². The van der Waals surface area contributed by atoms with E-state index >= 15 is 0 Å². The molecule has 0 aliphatic heterocycles. The van der Waals surface area contributed by atoms with E-state index in [1.165, 1.54) is 0 Å². The molecule has 25 heavy (non-hydrogen) atoms. The van der Waals surface area contributed by atoms with E-state index in [4.69, 9.17) is 9.47 Å². The lowest BCUT2D eigenvalue weighted by Crippen LogP contribution is -2.07. The minimum atomic E-state index is -0.109. The summed E-state index contributed by atoms with van der Waals surface area (Å²) in [6.45, 7) is 7.98. The minimum absolute atomic E-state index is 0.109. The molecule has 0 amide bonds. The Hall–Kier alpha value is -2.75. The molecular weight excluding hydrogens is 314 g/mol. The van der Waals surface area contributed by atoms with E-state index < -0.39 is 0 Å². The van der Waals surface area contributed by atoms with Crippen LogP contribution in [0.25, 0.3) is 22.0 Å². The number of fused-ring (bicyclic) bond motifs is 1. The molecule has 1 aromatic heterocycles. The molecule has 1 heterocycles. The second kappa shape index (κ2) is 8.38. The van der Waals surface area contributed by atoms with Gasteiger partial charge >= 0.3 is 0 Å². The molecule has 0 saturated heterocycles. The second-order valence-electron chi connectivity index (χ2n) is 5.66. The number of hydrogen-bond acceptors (Lipinski definition) is 3. The number of benzene rings is 2. The molecule has 0 radical (unpaired) electrons. The number of hydrogen-bond donors (Lipinski definition) is 1. The molecule has 4 heteroatoms. The number of methoxy groups -OCH3 is 1. The van der Waals surface area contributed by atoms with Crippen molar-refractivity contribution in [3.8, 4) is 22.8 Å². The van der Waals surface area contributed by atoms with Gasteiger partial charge in [0.15, 0.2) is 0 Å². The molecule has 0 aliphatic carbocycles. The monoisotopic (exact) mass is 339 g/mol. The van der Waals surface area contributed by atoms with E-state index in [0.29, 0.717) is 5.39 Å². The lowest BCUT2D eigenvalue weighted by molar-refractivity contribution is 0.242. The van der Waals surface area contributed by atoms with Crippen molar-refractivity contribution in [2.24, 2.45) is 0 Å². The lowest BCUT2D eigenvalue weighted by Gasteiger charge is -2.10. The van der Waals surface area contributed by atoms with Crippen LogP contribution in [0.5, 0.6) is 11.5 Å². The molecular formula is C21H25NO3. The molecule has 0 saturated carbocycles. The van der Waals surface area contributed by atoms with Crippen molar-refractivity contribution in [3.63, 3.8) is 0 Å². The average molecular weight is 339 g/mol. The Labute approximate surface area is 148 Å². The largest absolute Gasteiger partial charge is 0.497 e. The lowest BCUT2D eigenvalue weighted by atomic mass is 10.1. The van der Waals surface area contributed by atoms with Crippen LogP contribution in [0.2, 0.25) is 0 Å². The summed E-state index contributed by atoms with van der Waals surface area (Å²) in [5, 5.41) is 1.50. The van der Waals surface area contributed by atoms with Crippen LogP contribution in [0, 0.1) is 0 Å². The molecule has 1 N–H and O–H groups in total. The highest BCUT2D eigenvalue weighted by Crippen LogP contribution is 2.25. The first-order valence-corrected chi connectivity index (χ1v) is 8.55. The summed E-state index contributed by atoms with van der Waals surface area (Å²) in [6.07, 6.45) is 0.133. The van der Waals surface area contributed by atoms with Gasteiger partial charge in [0.1, 0.15) is 11.5 Å². The Bertz CT molecular complexity index is 880. The van der Waals surface area contributed by atoms with Crippen molar-refractivity contribution in [3.05, 3.63) is 58.9 Å².